The number of fused-ring (bicyclic) bond motifs is 1. The van der Waals surface area contributed by atoms with E-state index >= 15 is 0 Å². The van der Waals surface area contributed by atoms with Gasteiger partial charge in [-0.05, 0) is 24.6 Å². The summed E-state index contributed by atoms with van der Waals surface area (Å²) in [5, 5.41) is 18.5. The Labute approximate surface area is 132 Å². The number of aliphatic hydroxyl groups is 2. The molecule has 5 nitrogen and oxygen atoms in total. The van der Waals surface area contributed by atoms with Crippen LogP contribution in [0.4, 0.5) is 13.2 Å². The number of aryl methyl sites for hydroxylation is 1. The maximum absolute atomic E-state index is 12.5. The Kier molecular flexibility index (Phi) is 5.61. The quantitative estimate of drug-likeness (QED) is 0.811. The van der Waals surface area contributed by atoms with Crippen LogP contribution in [0.3, 0.4) is 0 Å². The normalized spacial score (nSPS) is 13.9. The highest BCUT2D eigenvalue weighted by Gasteiger charge is 2.28. The van der Waals surface area contributed by atoms with Gasteiger partial charge in [0.05, 0.1) is 31.0 Å². The van der Waals surface area contributed by atoms with Crippen molar-refractivity contribution in [3.05, 3.63) is 35.8 Å². The minimum absolute atomic E-state index is 0.0360. The predicted octanol–water partition coefficient (Wildman–Crippen LogP) is 1.75. The smallest absolute Gasteiger partial charge is 0.390 e. The van der Waals surface area contributed by atoms with Crippen LogP contribution in [0, 0.1) is 6.92 Å². The van der Waals surface area contributed by atoms with Crippen LogP contribution in [0.5, 0.6) is 0 Å². The Balaban J connectivity index is 2.14. The molecule has 2 heterocycles. The summed E-state index contributed by atoms with van der Waals surface area (Å²) in [5.74, 6) is 0. The molecule has 2 aromatic heterocycles. The van der Waals surface area contributed by atoms with E-state index in [0.717, 1.165) is 16.9 Å². The van der Waals surface area contributed by atoms with Crippen LogP contribution in [0.15, 0.2) is 24.5 Å². The van der Waals surface area contributed by atoms with Gasteiger partial charge < -0.3 is 14.6 Å². The third-order valence-electron chi connectivity index (χ3n) is 3.52. The van der Waals surface area contributed by atoms with E-state index in [-0.39, 0.29) is 19.6 Å². The Morgan fingerprint density at radius 3 is 2.78 bits per heavy atom. The molecular weight excluding hydrogens is 311 g/mol. The van der Waals surface area contributed by atoms with Crippen molar-refractivity contribution in [2.45, 2.75) is 32.2 Å². The first-order valence-electron chi connectivity index (χ1n) is 7.29. The van der Waals surface area contributed by atoms with Crippen molar-refractivity contribution in [3.8, 4) is 0 Å². The zero-order chi connectivity index (χ0) is 17.0. The Morgan fingerprint density at radius 2 is 2.13 bits per heavy atom. The summed E-state index contributed by atoms with van der Waals surface area (Å²) in [6.45, 7) is 1.36. The van der Waals surface area contributed by atoms with Gasteiger partial charge in [0.2, 0.25) is 0 Å². The molecule has 0 unspecified atom stereocenters. The van der Waals surface area contributed by atoms with Crippen molar-refractivity contribution < 1.29 is 23.4 Å². The van der Waals surface area contributed by atoms with Crippen LogP contribution in [-0.2, 0) is 6.54 Å². The van der Waals surface area contributed by atoms with Crippen LogP contribution in [0.1, 0.15) is 17.7 Å². The molecule has 2 N–H and O–H groups in total. The van der Waals surface area contributed by atoms with Gasteiger partial charge in [-0.3, -0.25) is 4.90 Å². The highest BCUT2D eigenvalue weighted by atomic mass is 19.4. The minimum atomic E-state index is -4.26. The first-order valence-corrected chi connectivity index (χ1v) is 7.29. The first kappa shape index (κ1) is 17.7. The number of aliphatic hydroxyl groups excluding tert-OH is 2. The molecule has 8 heteroatoms. The van der Waals surface area contributed by atoms with Crippen molar-refractivity contribution in [1.82, 2.24) is 14.3 Å². The molecule has 0 radical (unpaired) electrons. The predicted molar refractivity (Wildman–Crippen MR) is 79.0 cm³/mol. The van der Waals surface area contributed by atoms with Crippen LogP contribution < -0.4 is 0 Å². The number of pyridine rings is 1. The standard InChI is InChI=1S/C15H20F3N3O2/c1-11-2-4-21-12(7-19-14(21)6-11)8-20(9-13(23)10-22)5-3-15(16,17)18/h2,4,6-7,13,22-23H,3,5,8-10H2,1H3/t13-/m0/s1. The molecule has 2 rings (SSSR count). The third-order valence-corrected chi connectivity index (χ3v) is 3.52. The van der Waals surface area contributed by atoms with Gasteiger partial charge in [0.25, 0.3) is 0 Å². The van der Waals surface area contributed by atoms with E-state index in [4.69, 9.17) is 5.11 Å². The molecule has 128 valence electrons. The van der Waals surface area contributed by atoms with E-state index < -0.39 is 25.3 Å². The van der Waals surface area contributed by atoms with E-state index in [1.165, 1.54) is 4.90 Å². The Bertz CT molecular complexity index is 642. The van der Waals surface area contributed by atoms with Gasteiger partial charge in [-0.2, -0.15) is 13.2 Å². The number of aromatic nitrogens is 2. The maximum Gasteiger partial charge on any atom is 0.390 e. The zero-order valence-corrected chi connectivity index (χ0v) is 12.8. The van der Waals surface area contributed by atoms with Crippen molar-refractivity contribution in [2.24, 2.45) is 0 Å². The van der Waals surface area contributed by atoms with Crippen LogP contribution >= 0.6 is 0 Å². The summed E-state index contributed by atoms with van der Waals surface area (Å²) in [4.78, 5) is 5.71. The van der Waals surface area contributed by atoms with E-state index in [1.807, 2.05) is 25.3 Å². The summed E-state index contributed by atoms with van der Waals surface area (Å²) in [7, 11) is 0. The van der Waals surface area contributed by atoms with Crippen molar-refractivity contribution in [2.75, 3.05) is 19.7 Å². The number of nitrogens with zero attached hydrogens (tertiary/aromatic N) is 3. The van der Waals surface area contributed by atoms with E-state index in [0.29, 0.717) is 0 Å². The van der Waals surface area contributed by atoms with Gasteiger partial charge in [0, 0.05) is 25.8 Å². The summed E-state index contributed by atoms with van der Waals surface area (Å²) < 4.78 is 39.2. The van der Waals surface area contributed by atoms with Gasteiger partial charge in [-0.25, -0.2) is 4.98 Å². The van der Waals surface area contributed by atoms with E-state index in [2.05, 4.69) is 4.98 Å². The average Bonchev–Trinajstić information content (AvgIpc) is 2.86. The van der Waals surface area contributed by atoms with Gasteiger partial charge in [0.15, 0.2) is 0 Å². The molecule has 0 amide bonds. The largest absolute Gasteiger partial charge is 0.394 e. The van der Waals surface area contributed by atoms with Crippen molar-refractivity contribution in [1.29, 1.82) is 0 Å². The second kappa shape index (κ2) is 7.29. The summed E-state index contributed by atoms with van der Waals surface area (Å²) in [6, 6.07) is 3.77. The lowest BCUT2D eigenvalue weighted by atomic mass is 10.2. The first-order chi connectivity index (χ1) is 10.8. The Hall–Kier alpha value is -1.64. The fourth-order valence-corrected chi connectivity index (χ4v) is 2.36. The van der Waals surface area contributed by atoms with E-state index in [9.17, 15) is 18.3 Å². The topological polar surface area (TPSA) is 61.0 Å². The summed E-state index contributed by atoms with van der Waals surface area (Å²) in [6.07, 6.45) is -2.89. The second-order valence-corrected chi connectivity index (χ2v) is 5.62. The molecule has 0 aliphatic heterocycles. The highest BCUT2D eigenvalue weighted by molar-refractivity contribution is 5.42. The highest BCUT2D eigenvalue weighted by Crippen LogP contribution is 2.21. The molecule has 0 aromatic carbocycles. The lowest BCUT2D eigenvalue weighted by Gasteiger charge is -2.24. The van der Waals surface area contributed by atoms with Crippen molar-refractivity contribution >= 4 is 5.65 Å². The van der Waals surface area contributed by atoms with Gasteiger partial charge in [-0.1, -0.05) is 0 Å². The van der Waals surface area contributed by atoms with Gasteiger partial charge in [0.1, 0.15) is 5.65 Å². The van der Waals surface area contributed by atoms with Gasteiger partial charge in [-0.15, -0.1) is 0 Å². The van der Waals surface area contributed by atoms with Gasteiger partial charge >= 0.3 is 6.18 Å². The number of imidazole rings is 1. The lowest BCUT2D eigenvalue weighted by molar-refractivity contribution is -0.139. The molecule has 0 aliphatic rings. The number of alkyl halides is 3. The molecule has 0 aliphatic carbocycles. The SMILES string of the molecule is Cc1ccn2c(CN(CCC(F)(F)F)C[C@H](O)CO)cnc2c1. The molecule has 23 heavy (non-hydrogen) atoms. The Morgan fingerprint density at radius 1 is 1.39 bits per heavy atom. The van der Waals surface area contributed by atoms with Crippen LogP contribution in [-0.4, -0.2) is 56.5 Å². The molecule has 0 saturated heterocycles. The molecule has 0 saturated carbocycles. The molecule has 2 aromatic rings. The molecule has 0 bridgehead atoms. The third kappa shape index (κ3) is 5.19. The number of rotatable bonds is 7. The maximum atomic E-state index is 12.5. The average molecular weight is 331 g/mol. The van der Waals surface area contributed by atoms with Crippen molar-refractivity contribution in [3.63, 3.8) is 0 Å². The minimum Gasteiger partial charge on any atom is -0.394 e. The number of hydrogen-bond donors (Lipinski definition) is 2. The summed E-state index contributed by atoms with van der Waals surface area (Å²) >= 11 is 0. The fraction of sp³-hybridized carbons (Fsp3) is 0.533. The zero-order valence-electron chi connectivity index (χ0n) is 12.8. The number of hydrogen-bond acceptors (Lipinski definition) is 4. The summed E-state index contributed by atoms with van der Waals surface area (Å²) in [5.41, 5.74) is 2.49. The molecule has 0 spiro atoms. The molecule has 0 fully saturated rings. The lowest BCUT2D eigenvalue weighted by Crippen LogP contribution is -2.36. The second-order valence-electron chi connectivity index (χ2n) is 5.62. The van der Waals surface area contributed by atoms with E-state index in [1.54, 1.807) is 10.6 Å². The fourth-order valence-electron chi connectivity index (χ4n) is 2.36. The monoisotopic (exact) mass is 331 g/mol. The molecule has 1 atom stereocenters. The van der Waals surface area contributed by atoms with Crippen LogP contribution in [0.25, 0.3) is 5.65 Å². The molecular formula is C15H20F3N3O2. The van der Waals surface area contributed by atoms with Crippen LogP contribution in [0.2, 0.25) is 0 Å². The number of halogens is 3.